The molecule has 1 heterocycles. The Morgan fingerprint density at radius 1 is 1.24 bits per heavy atom. The van der Waals surface area contributed by atoms with Gasteiger partial charge in [-0.2, -0.15) is 0 Å². The summed E-state index contributed by atoms with van der Waals surface area (Å²) in [5, 5.41) is 9.08. The zero-order chi connectivity index (χ0) is 12.1. The molecule has 3 nitrogen and oxygen atoms in total. The number of aliphatic carboxylic acids is 1. The van der Waals surface area contributed by atoms with E-state index in [1.807, 2.05) is 35.4 Å². The normalized spacial score (nSPS) is 18.4. The number of carboxylic acid groups (broad SMARTS) is 1. The van der Waals surface area contributed by atoms with Gasteiger partial charge in [0.05, 0.1) is 0 Å². The molecule has 0 saturated heterocycles. The highest BCUT2D eigenvalue weighted by molar-refractivity contribution is 5.76. The smallest absolute Gasteiger partial charge is 0.330 e. The molecule has 1 atom stereocenters. The zero-order valence-corrected chi connectivity index (χ0v) is 9.49. The first kappa shape index (κ1) is 11.5. The number of nitrogens with zero attached hydrogens (tertiary/aromatic N) is 1. The molecular weight excluding hydrogens is 214 g/mol. The van der Waals surface area contributed by atoms with Crippen LogP contribution in [0.4, 0.5) is 0 Å². The maximum absolute atomic E-state index is 11.0. The fraction of sp³-hybridized carbons (Fsp3) is 0.214. The van der Waals surface area contributed by atoms with Gasteiger partial charge in [0.2, 0.25) is 0 Å². The summed E-state index contributed by atoms with van der Waals surface area (Å²) in [4.78, 5) is 12.9. The van der Waals surface area contributed by atoms with E-state index in [9.17, 15) is 4.79 Å². The van der Waals surface area contributed by atoms with E-state index in [0.29, 0.717) is 6.54 Å². The predicted octanol–water partition coefficient (Wildman–Crippen LogP) is 2.07. The van der Waals surface area contributed by atoms with Crippen LogP contribution < -0.4 is 0 Å². The average molecular weight is 229 g/mol. The Kier molecular flexibility index (Phi) is 3.60. The van der Waals surface area contributed by atoms with Gasteiger partial charge in [-0.3, -0.25) is 0 Å². The molecule has 88 valence electrons. The van der Waals surface area contributed by atoms with Crippen LogP contribution in [0, 0.1) is 0 Å². The van der Waals surface area contributed by atoms with Crippen LogP contribution in [-0.4, -0.2) is 28.6 Å². The molecule has 0 bridgehead atoms. The second kappa shape index (κ2) is 5.34. The Labute approximate surface area is 101 Å². The van der Waals surface area contributed by atoms with Gasteiger partial charge in [-0.1, -0.05) is 42.5 Å². The molecule has 0 aliphatic carbocycles. The van der Waals surface area contributed by atoms with Crippen LogP contribution in [-0.2, 0) is 11.2 Å². The van der Waals surface area contributed by atoms with Gasteiger partial charge in [-0.15, -0.1) is 0 Å². The average Bonchev–Trinajstić information content (AvgIpc) is 2.38. The first-order chi connectivity index (χ1) is 8.27. The van der Waals surface area contributed by atoms with Crippen molar-refractivity contribution in [2.24, 2.45) is 0 Å². The third-order valence-corrected chi connectivity index (χ3v) is 2.79. The largest absolute Gasteiger partial charge is 0.479 e. The number of carbonyl (C=O) groups is 1. The minimum atomic E-state index is -0.807. The van der Waals surface area contributed by atoms with E-state index in [1.165, 1.54) is 5.56 Å². The van der Waals surface area contributed by atoms with Crippen molar-refractivity contribution in [3.8, 4) is 0 Å². The highest BCUT2D eigenvalue weighted by atomic mass is 16.4. The Morgan fingerprint density at radius 2 is 2.00 bits per heavy atom. The van der Waals surface area contributed by atoms with E-state index in [4.69, 9.17) is 5.11 Å². The lowest BCUT2D eigenvalue weighted by molar-refractivity contribution is -0.140. The van der Waals surface area contributed by atoms with Crippen LogP contribution in [0.3, 0.4) is 0 Å². The van der Waals surface area contributed by atoms with Crippen LogP contribution in [0.15, 0.2) is 54.8 Å². The lowest BCUT2D eigenvalue weighted by atomic mass is 10.1. The van der Waals surface area contributed by atoms with E-state index < -0.39 is 12.0 Å². The van der Waals surface area contributed by atoms with Gasteiger partial charge in [0.25, 0.3) is 0 Å². The summed E-state index contributed by atoms with van der Waals surface area (Å²) in [7, 11) is 0. The lowest BCUT2D eigenvalue weighted by Gasteiger charge is -2.27. The molecule has 0 radical (unpaired) electrons. The summed E-state index contributed by atoms with van der Waals surface area (Å²) in [6.07, 6.45) is 8.03. The molecule has 1 N–H and O–H groups in total. The zero-order valence-electron chi connectivity index (χ0n) is 9.49. The fourth-order valence-electron chi connectivity index (χ4n) is 1.87. The molecule has 3 heteroatoms. The van der Waals surface area contributed by atoms with Crippen molar-refractivity contribution in [2.75, 3.05) is 6.54 Å². The number of allylic oxidation sites excluding steroid dienone is 2. The molecule has 0 amide bonds. The topological polar surface area (TPSA) is 40.5 Å². The molecule has 1 aromatic carbocycles. The number of rotatable bonds is 4. The van der Waals surface area contributed by atoms with E-state index in [-0.39, 0.29) is 0 Å². The van der Waals surface area contributed by atoms with Crippen molar-refractivity contribution in [3.05, 3.63) is 60.3 Å². The molecule has 0 fully saturated rings. The van der Waals surface area contributed by atoms with Crippen molar-refractivity contribution >= 4 is 5.97 Å². The van der Waals surface area contributed by atoms with Crippen LogP contribution in [0.5, 0.6) is 0 Å². The summed E-state index contributed by atoms with van der Waals surface area (Å²) in [6, 6.07) is 9.54. The highest BCUT2D eigenvalue weighted by Crippen LogP contribution is 2.10. The van der Waals surface area contributed by atoms with Crippen molar-refractivity contribution in [3.63, 3.8) is 0 Å². The Balaban J connectivity index is 1.96. The molecule has 1 aromatic rings. The summed E-state index contributed by atoms with van der Waals surface area (Å²) in [5.74, 6) is -0.807. The Bertz CT molecular complexity index is 437. The van der Waals surface area contributed by atoms with Crippen molar-refractivity contribution in [1.29, 1.82) is 0 Å². The Hall–Kier alpha value is -2.03. The van der Waals surface area contributed by atoms with Gasteiger partial charge >= 0.3 is 5.97 Å². The SMILES string of the molecule is O=C(O)C1C=CC=CN1CCc1ccccc1. The van der Waals surface area contributed by atoms with Crippen LogP contribution in [0.2, 0.25) is 0 Å². The van der Waals surface area contributed by atoms with Gasteiger partial charge in [0, 0.05) is 12.7 Å². The van der Waals surface area contributed by atoms with Gasteiger partial charge in [-0.05, 0) is 18.1 Å². The van der Waals surface area contributed by atoms with E-state index >= 15 is 0 Å². The summed E-state index contributed by atoms with van der Waals surface area (Å²) >= 11 is 0. The minimum Gasteiger partial charge on any atom is -0.479 e. The summed E-state index contributed by atoms with van der Waals surface area (Å²) < 4.78 is 0. The number of hydrogen-bond acceptors (Lipinski definition) is 2. The molecule has 17 heavy (non-hydrogen) atoms. The van der Waals surface area contributed by atoms with Crippen molar-refractivity contribution in [2.45, 2.75) is 12.5 Å². The third kappa shape index (κ3) is 2.97. The molecule has 1 unspecified atom stereocenters. The van der Waals surface area contributed by atoms with Crippen LogP contribution >= 0.6 is 0 Å². The molecule has 2 rings (SSSR count). The first-order valence-electron chi connectivity index (χ1n) is 5.65. The molecule has 0 saturated carbocycles. The monoisotopic (exact) mass is 229 g/mol. The van der Waals surface area contributed by atoms with E-state index in [1.54, 1.807) is 12.2 Å². The maximum atomic E-state index is 11.0. The first-order valence-corrected chi connectivity index (χ1v) is 5.65. The quantitative estimate of drug-likeness (QED) is 0.859. The standard InChI is InChI=1S/C14H15NO2/c16-14(17)13-8-4-5-10-15(13)11-9-12-6-2-1-3-7-12/h1-8,10,13H,9,11H2,(H,16,17). The Morgan fingerprint density at radius 3 is 2.71 bits per heavy atom. The van der Waals surface area contributed by atoms with Crippen LogP contribution in [0.1, 0.15) is 5.56 Å². The summed E-state index contributed by atoms with van der Waals surface area (Å²) in [5.41, 5.74) is 1.22. The third-order valence-electron chi connectivity index (χ3n) is 2.79. The van der Waals surface area contributed by atoms with Gasteiger partial charge < -0.3 is 10.0 Å². The van der Waals surface area contributed by atoms with Gasteiger partial charge in [0.15, 0.2) is 0 Å². The van der Waals surface area contributed by atoms with Gasteiger partial charge in [-0.25, -0.2) is 4.79 Å². The number of hydrogen-bond donors (Lipinski definition) is 1. The molecule has 0 spiro atoms. The fourth-order valence-corrected chi connectivity index (χ4v) is 1.87. The van der Waals surface area contributed by atoms with Gasteiger partial charge in [0.1, 0.15) is 6.04 Å². The van der Waals surface area contributed by atoms with E-state index in [0.717, 1.165) is 6.42 Å². The number of benzene rings is 1. The van der Waals surface area contributed by atoms with Crippen LogP contribution in [0.25, 0.3) is 0 Å². The minimum absolute atomic E-state index is 0.538. The molecule has 1 aliphatic rings. The maximum Gasteiger partial charge on any atom is 0.330 e. The molecular formula is C14H15NO2. The second-order valence-electron chi connectivity index (χ2n) is 3.98. The highest BCUT2D eigenvalue weighted by Gasteiger charge is 2.21. The summed E-state index contributed by atoms with van der Waals surface area (Å²) in [6.45, 7) is 0.710. The molecule has 1 aliphatic heterocycles. The predicted molar refractivity (Wildman–Crippen MR) is 66.6 cm³/mol. The second-order valence-corrected chi connectivity index (χ2v) is 3.98. The molecule has 0 aromatic heterocycles. The number of carboxylic acids is 1. The van der Waals surface area contributed by atoms with Crippen molar-refractivity contribution in [1.82, 2.24) is 4.90 Å². The van der Waals surface area contributed by atoms with Crippen molar-refractivity contribution < 1.29 is 9.90 Å². The van der Waals surface area contributed by atoms with E-state index in [2.05, 4.69) is 12.1 Å². The lowest BCUT2D eigenvalue weighted by Crippen LogP contribution is -2.38.